The van der Waals surface area contributed by atoms with Gasteiger partial charge in [0.05, 0.1) is 16.3 Å². The second-order valence-corrected chi connectivity index (χ2v) is 7.91. The lowest BCUT2D eigenvalue weighted by Crippen LogP contribution is -2.15. The number of anilines is 2. The van der Waals surface area contributed by atoms with Gasteiger partial charge in [-0.05, 0) is 38.1 Å². The molecule has 1 heterocycles. The third-order valence-corrected chi connectivity index (χ3v) is 5.26. The van der Waals surface area contributed by atoms with E-state index in [9.17, 15) is 9.59 Å². The summed E-state index contributed by atoms with van der Waals surface area (Å²) in [6.07, 6.45) is 1.61. The SMILES string of the molecule is C/C=C(Cl)\C(C(=O)Nc1ccc(-c2cc(NC(=O)c3ccccc3)n(C)n2)cc1)=C(/C)Cl. The molecule has 0 aliphatic rings. The van der Waals surface area contributed by atoms with Gasteiger partial charge in [0, 0.05) is 35.0 Å². The Morgan fingerprint density at radius 3 is 2.25 bits per heavy atom. The number of carbonyl (C=O) groups is 2. The van der Waals surface area contributed by atoms with Crippen molar-refractivity contribution in [2.45, 2.75) is 13.8 Å². The third kappa shape index (κ3) is 5.46. The minimum atomic E-state index is -0.392. The van der Waals surface area contributed by atoms with E-state index in [4.69, 9.17) is 23.2 Å². The predicted molar refractivity (Wildman–Crippen MR) is 130 cm³/mol. The smallest absolute Gasteiger partial charge is 0.258 e. The Bertz CT molecular complexity index is 1190. The molecular formula is C24H22Cl2N4O2. The molecule has 3 rings (SSSR count). The van der Waals surface area contributed by atoms with Gasteiger partial charge in [-0.1, -0.05) is 59.6 Å². The van der Waals surface area contributed by atoms with Gasteiger partial charge in [0.15, 0.2) is 0 Å². The molecule has 2 N–H and O–H groups in total. The number of halogens is 2. The number of rotatable bonds is 6. The molecule has 0 saturated carbocycles. The van der Waals surface area contributed by atoms with Crippen molar-refractivity contribution in [1.29, 1.82) is 0 Å². The molecule has 3 aromatic rings. The minimum Gasteiger partial charge on any atom is -0.322 e. The first-order valence-corrected chi connectivity index (χ1v) is 10.6. The molecule has 0 spiro atoms. The predicted octanol–water partition coefficient (Wildman–Crippen LogP) is 5.93. The van der Waals surface area contributed by atoms with Crippen molar-refractivity contribution in [3.63, 3.8) is 0 Å². The Balaban J connectivity index is 1.74. The highest BCUT2D eigenvalue weighted by Crippen LogP contribution is 2.26. The fourth-order valence-corrected chi connectivity index (χ4v) is 3.46. The number of amides is 2. The molecule has 0 atom stereocenters. The van der Waals surface area contributed by atoms with Gasteiger partial charge >= 0.3 is 0 Å². The van der Waals surface area contributed by atoms with Crippen LogP contribution in [0.5, 0.6) is 0 Å². The number of hydrogen-bond donors (Lipinski definition) is 2. The number of aryl methyl sites for hydroxylation is 1. The highest BCUT2D eigenvalue weighted by atomic mass is 35.5. The summed E-state index contributed by atoms with van der Waals surface area (Å²) in [7, 11) is 1.76. The maximum absolute atomic E-state index is 12.5. The minimum absolute atomic E-state index is 0.212. The molecule has 0 saturated heterocycles. The van der Waals surface area contributed by atoms with Crippen LogP contribution in [0.1, 0.15) is 24.2 Å². The van der Waals surface area contributed by atoms with Crippen LogP contribution in [0.15, 0.2) is 82.4 Å². The van der Waals surface area contributed by atoms with E-state index in [2.05, 4.69) is 15.7 Å². The summed E-state index contributed by atoms with van der Waals surface area (Å²) in [6.45, 7) is 3.34. The van der Waals surface area contributed by atoms with Crippen molar-refractivity contribution in [3.8, 4) is 11.3 Å². The summed E-state index contributed by atoms with van der Waals surface area (Å²) in [6, 6.07) is 17.9. The number of aromatic nitrogens is 2. The quantitative estimate of drug-likeness (QED) is 0.347. The summed E-state index contributed by atoms with van der Waals surface area (Å²) in [5.41, 5.74) is 2.89. The largest absolute Gasteiger partial charge is 0.322 e. The van der Waals surface area contributed by atoms with Gasteiger partial charge in [-0.3, -0.25) is 14.3 Å². The van der Waals surface area contributed by atoms with E-state index >= 15 is 0 Å². The maximum Gasteiger partial charge on any atom is 0.258 e. The van der Waals surface area contributed by atoms with Gasteiger partial charge in [-0.15, -0.1) is 0 Å². The van der Waals surface area contributed by atoms with E-state index in [1.165, 1.54) is 0 Å². The zero-order chi connectivity index (χ0) is 23.3. The number of nitrogens with one attached hydrogen (secondary N) is 2. The van der Waals surface area contributed by atoms with Gasteiger partial charge in [0.2, 0.25) is 0 Å². The molecule has 32 heavy (non-hydrogen) atoms. The van der Waals surface area contributed by atoms with Gasteiger partial charge in [-0.25, -0.2) is 0 Å². The van der Waals surface area contributed by atoms with E-state index in [1.807, 2.05) is 30.3 Å². The van der Waals surface area contributed by atoms with Crippen LogP contribution < -0.4 is 10.6 Å². The molecule has 6 nitrogen and oxygen atoms in total. The molecule has 2 amide bonds. The van der Waals surface area contributed by atoms with Crippen molar-refractivity contribution in [1.82, 2.24) is 9.78 Å². The summed E-state index contributed by atoms with van der Waals surface area (Å²) in [5, 5.41) is 10.7. The van der Waals surface area contributed by atoms with Crippen molar-refractivity contribution in [2.24, 2.45) is 7.05 Å². The molecule has 0 aliphatic heterocycles. The summed E-state index contributed by atoms with van der Waals surface area (Å²) < 4.78 is 1.60. The topological polar surface area (TPSA) is 76.0 Å². The Labute approximate surface area is 196 Å². The van der Waals surface area contributed by atoms with Crippen LogP contribution >= 0.6 is 23.2 Å². The van der Waals surface area contributed by atoms with Crippen LogP contribution in [0.2, 0.25) is 0 Å². The van der Waals surface area contributed by atoms with Crippen molar-refractivity contribution in [3.05, 3.63) is 87.9 Å². The van der Waals surface area contributed by atoms with Crippen LogP contribution in [0.4, 0.5) is 11.5 Å². The van der Waals surface area contributed by atoms with Crippen LogP contribution in [-0.2, 0) is 11.8 Å². The average molecular weight is 469 g/mol. The van der Waals surface area contributed by atoms with Crippen LogP contribution in [0.25, 0.3) is 11.3 Å². The molecule has 164 valence electrons. The number of allylic oxidation sites excluding steroid dienone is 2. The molecule has 8 heteroatoms. The third-order valence-electron chi connectivity index (χ3n) is 4.66. The normalized spacial score (nSPS) is 12.2. The van der Waals surface area contributed by atoms with E-state index in [0.717, 1.165) is 5.56 Å². The van der Waals surface area contributed by atoms with E-state index < -0.39 is 5.91 Å². The standard InChI is InChI=1S/C24H22Cl2N4O2/c1-4-19(26)22(15(2)25)24(32)27-18-12-10-16(11-13-18)20-14-21(30(3)29-20)28-23(31)17-8-6-5-7-9-17/h4-14H,1-3H3,(H,27,32)(H,28,31)/b19-4+,22-15-. The van der Waals surface area contributed by atoms with Gasteiger partial charge < -0.3 is 10.6 Å². The fourth-order valence-electron chi connectivity index (χ4n) is 3.00. The summed E-state index contributed by atoms with van der Waals surface area (Å²) in [4.78, 5) is 25.0. The molecule has 0 bridgehead atoms. The van der Waals surface area contributed by atoms with Gasteiger partial charge in [-0.2, -0.15) is 5.10 Å². The van der Waals surface area contributed by atoms with Gasteiger partial charge in [0.1, 0.15) is 5.82 Å². The average Bonchev–Trinajstić information content (AvgIpc) is 3.14. The van der Waals surface area contributed by atoms with E-state index in [-0.39, 0.29) is 16.5 Å². The fraction of sp³-hybridized carbons (Fsp3) is 0.125. The van der Waals surface area contributed by atoms with Crippen LogP contribution in [0.3, 0.4) is 0 Å². The molecular weight excluding hydrogens is 447 g/mol. The monoisotopic (exact) mass is 468 g/mol. The van der Waals surface area contributed by atoms with Crippen molar-refractivity contribution < 1.29 is 9.59 Å². The number of hydrogen-bond acceptors (Lipinski definition) is 3. The zero-order valence-electron chi connectivity index (χ0n) is 17.8. The van der Waals surface area contributed by atoms with Crippen molar-refractivity contribution >= 4 is 46.5 Å². The number of carbonyl (C=O) groups excluding carboxylic acids is 2. The lowest BCUT2D eigenvalue weighted by molar-refractivity contribution is -0.112. The second kappa shape index (κ2) is 10.3. The number of nitrogens with zero attached hydrogens (tertiary/aromatic N) is 2. The van der Waals surface area contributed by atoms with Crippen LogP contribution in [-0.4, -0.2) is 21.6 Å². The molecule has 1 aromatic heterocycles. The first kappa shape index (κ1) is 23.3. The van der Waals surface area contributed by atoms with E-state index in [0.29, 0.717) is 27.8 Å². The highest BCUT2D eigenvalue weighted by molar-refractivity contribution is 6.40. The Hall–Kier alpha value is -3.35. The highest BCUT2D eigenvalue weighted by Gasteiger charge is 2.16. The summed E-state index contributed by atoms with van der Waals surface area (Å²) in [5.74, 6) is -0.0341. The Kier molecular flexibility index (Phi) is 7.51. The molecule has 0 radical (unpaired) electrons. The number of benzene rings is 2. The zero-order valence-corrected chi connectivity index (χ0v) is 19.3. The summed E-state index contributed by atoms with van der Waals surface area (Å²) >= 11 is 12.1. The van der Waals surface area contributed by atoms with Crippen LogP contribution in [0, 0.1) is 0 Å². The lowest BCUT2D eigenvalue weighted by atomic mass is 10.1. The first-order valence-electron chi connectivity index (χ1n) is 9.81. The first-order chi connectivity index (χ1) is 15.3. The Morgan fingerprint density at radius 1 is 1.00 bits per heavy atom. The molecule has 0 fully saturated rings. The molecule has 0 aliphatic carbocycles. The Morgan fingerprint density at radius 2 is 1.66 bits per heavy atom. The van der Waals surface area contributed by atoms with Crippen molar-refractivity contribution in [2.75, 3.05) is 10.6 Å². The lowest BCUT2D eigenvalue weighted by Gasteiger charge is -2.09. The molecule has 0 unspecified atom stereocenters. The van der Waals surface area contributed by atoms with Gasteiger partial charge in [0.25, 0.3) is 11.8 Å². The molecule has 2 aromatic carbocycles. The van der Waals surface area contributed by atoms with E-state index in [1.54, 1.807) is 62.0 Å². The maximum atomic E-state index is 12.5. The second-order valence-electron chi connectivity index (χ2n) is 6.94.